The van der Waals surface area contributed by atoms with Crippen molar-refractivity contribution in [1.29, 1.82) is 0 Å². The Morgan fingerprint density at radius 2 is 1.65 bits per heavy atom. The van der Waals surface area contributed by atoms with Crippen LogP contribution in [0, 0.1) is 0 Å². The first-order chi connectivity index (χ1) is 14.9. The fraction of sp³-hybridized carbons (Fsp3) is 0.417. The maximum atomic E-state index is 13.4. The van der Waals surface area contributed by atoms with Crippen LogP contribution in [0.1, 0.15) is 50.2 Å². The Labute approximate surface area is 198 Å². The van der Waals surface area contributed by atoms with E-state index in [1.165, 1.54) is 0 Å². The smallest absolute Gasteiger partial charge is 0.243 e. The van der Waals surface area contributed by atoms with E-state index in [1.54, 1.807) is 35.2 Å². The summed E-state index contributed by atoms with van der Waals surface area (Å²) in [5.41, 5.74) is 1.67. The standard InChI is InChI=1S/C24H27Cl3N2O2/c1-2-22(24(31)28-19-5-3-4-6-19)29(15-16-7-10-18(25)11-8-16)23(30)14-17-9-12-20(26)21(27)13-17/h7-13,19,22H,2-6,14-15H2,1H3,(H,28,31)/t22-/m1/s1. The first kappa shape index (κ1) is 23.9. The van der Waals surface area contributed by atoms with Crippen molar-refractivity contribution < 1.29 is 9.59 Å². The Morgan fingerprint density at radius 3 is 2.26 bits per heavy atom. The Kier molecular flexibility index (Phi) is 8.65. The summed E-state index contributed by atoms with van der Waals surface area (Å²) in [6.07, 6.45) is 4.92. The number of amides is 2. The number of benzene rings is 2. The summed E-state index contributed by atoms with van der Waals surface area (Å²) in [5.74, 6) is -0.229. The minimum absolute atomic E-state index is 0.0918. The van der Waals surface area contributed by atoms with E-state index in [4.69, 9.17) is 34.8 Å². The van der Waals surface area contributed by atoms with E-state index >= 15 is 0 Å². The number of carbonyl (C=O) groups is 2. The summed E-state index contributed by atoms with van der Waals surface area (Å²) in [7, 11) is 0. The Hall–Kier alpha value is -1.75. The van der Waals surface area contributed by atoms with Gasteiger partial charge in [0.15, 0.2) is 0 Å². The second-order valence-electron chi connectivity index (χ2n) is 7.99. The van der Waals surface area contributed by atoms with E-state index in [1.807, 2.05) is 19.1 Å². The Balaban J connectivity index is 1.82. The maximum absolute atomic E-state index is 13.4. The molecule has 1 atom stereocenters. The predicted molar refractivity (Wildman–Crippen MR) is 127 cm³/mol. The number of hydrogen-bond donors (Lipinski definition) is 1. The molecule has 1 fully saturated rings. The lowest BCUT2D eigenvalue weighted by Gasteiger charge is -2.31. The van der Waals surface area contributed by atoms with Crippen LogP contribution >= 0.6 is 34.8 Å². The molecule has 1 aliphatic rings. The molecule has 166 valence electrons. The average molecular weight is 482 g/mol. The number of carbonyl (C=O) groups excluding carboxylic acids is 2. The van der Waals surface area contributed by atoms with E-state index in [-0.39, 0.29) is 24.3 Å². The number of nitrogens with one attached hydrogen (secondary N) is 1. The minimum atomic E-state index is -0.549. The topological polar surface area (TPSA) is 49.4 Å². The molecule has 1 aliphatic carbocycles. The summed E-state index contributed by atoms with van der Waals surface area (Å²) in [6.45, 7) is 2.26. The lowest BCUT2D eigenvalue weighted by atomic mass is 10.1. The SMILES string of the molecule is CC[C@H](C(=O)NC1CCCC1)N(Cc1ccc(Cl)cc1)C(=O)Cc1ccc(Cl)c(Cl)c1. The fourth-order valence-electron chi connectivity index (χ4n) is 4.00. The molecule has 31 heavy (non-hydrogen) atoms. The van der Waals surface area contributed by atoms with Crippen LogP contribution in [0.2, 0.25) is 15.1 Å². The number of rotatable bonds is 8. The summed E-state index contributed by atoms with van der Waals surface area (Å²) in [5, 5.41) is 4.62. The maximum Gasteiger partial charge on any atom is 0.243 e. The van der Waals surface area contributed by atoms with Crippen LogP contribution in [0.4, 0.5) is 0 Å². The lowest BCUT2D eigenvalue weighted by molar-refractivity contribution is -0.141. The van der Waals surface area contributed by atoms with Gasteiger partial charge in [0, 0.05) is 17.6 Å². The second kappa shape index (κ2) is 11.2. The van der Waals surface area contributed by atoms with E-state index in [2.05, 4.69) is 5.32 Å². The van der Waals surface area contributed by atoms with Crippen molar-refractivity contribution in [2.45, 2.75) is 64.1 Å². The van der Waals surface area contributed by atoms with E-state index in [0.717, 1.165) is 36.8 Å². The van der Waals surface area contributed by atoms with Gasteiger partial charge in [-0.05, 0) is 54.7 Å². The van der Waals surface area contributed by atoms with Crippen LogP contribution in [0.3, 0.4) is 0 Å². The highest BCUT2D eigenvalue weighted by Crippen LogP contribution is 2.24. The molecule has 0 spiro atoms. The van der Waals surface area contributed by atoms with Crippen LogP contribution in [-0.2, 0) is 22.6 Å². The van der Waals surface area contributed by atoms with Crippen LogP contribution in [0.5, 0.6) is 0 Å². The van der Waals surface area contributed by atoms with Gasteiger partial charge >= 0.3 is 0 Å². The van der Waals surface area contributed by atoms with E-state index in [0.29, 0.717) is 28.0 Å². The zero-order valence-corrected chi connectivity index (χ0v) is 19.8. The highest BCUT2D eigenvalue weighted by Gasteiger charge is 2.30. The monoisotopic (exact) mass is 480 g/mol. The van der Waals surface area contributed by atoms with Crippen molar-refractivity contribution in [3.8, 4) is 0 Å². The molecule has 1 saturated carbocycles. The van der Waals surface area contributed by atoms with Gasteiger partial charge in [-0.15, -0.1) is 0 Å². The molecule has 0 unspecified atom stereocenters. The molecule has 0 bridgehead atoms. The Morgan fingerprint density at radius 1 is 1.00 bits per heavy atom. The highest BCUT2D eigenvalue weighted by molar-refractivity contribution is 6.42. The molecule has 2 amide bonds. The molecule has 7 heteroatoms. The minimum Gasteiger partial charge on any atom is -0.352 e. The van der Waals surface area contributed by atoms with Crippen LogP contribution in [0.15, 0.2) is 42.5 Å². The van der Waals surface area contributed by atoms with Gasteiger partial charge in [-0.3, -0.25) is 9.59 Å². The van der Waals surface area contributed by atoms with Gasteiger partial charge in [0.05, 0.1) is 16.5 Å². The number of halogens is 3. The van der Waals surface area contributed by atoms with E-state index < -0.39 is 6.04 Å². The summed E-state index contributed by atoms with van der Waals surface area (Å²) in [6, 6.07) is 12.1. The van der Waals surface area contributed by atoms with Gasteiger partial charge in [0.25, 0.3) is 0 Å². The van der Waals surface area contributed by atoms with Crippen LogP contribution in [0.25, 0.3) is 0 Å². The number of hydrogen-bond acceptors (Lipinski definition) is 2. The van der Waals surface area contributed by atoms with Gasteiger partial charge in [-0.25, -0.2) is 0 Å². The molecule has 4 nitrogen and oxygen atoms in total. The molecule has 3 rings (SSSR count). The molecule has 0 aliphatic heterocycles. The first-order valence-electron chi connectivity index (χ1n) is 10.7. The molecule has 0 aromatic heterocycles. The zero-order valence-electron chi connectivity index (χ0n) is 17.5. The van der Waals surface area contributed by atoms with Crippen molar-refractivity contribution >= 4 is 46.6 Å². The van der Waals surface area contributed by atoms with Gasteiger partial charge in [-0.1, -0.05) is 72.8 Å². The lowest BCUT2D eigenvalue weighted by Crippen LogP contribution is -2.51. The molecule has 0 saturated heterocycles. The first-order valence-corrected chi connectivity index (χ1v) is 11.8. The second-order valence-corrected chi connectivity index (χ2v) is 9.24. The third-order valence-corrected chi connectivity index (χ3v) is 6.68. The van der Waals surface area contributed by atoms with Crippen molar-refractivity contribution in [2.24, 2.45) is 0 Å². The molecule has 0 radical (unpaired) electrons. The van der Waals surface area contributed by atoms with Crippen molar-refractivity contribution in [2.75, 3.05) is 0 Å². The molecular formula is C24H27Cl3N2O2. The van der Waals surface area contributed by atoms with Crippen molar-refractivity contribution in [3.05, 3.63) is 68.7 Å². The zero-order chi connectivity index (χ0) is 22.4. The van der Waals surface area contributed by atoms with E-state index in [9.17, 15) is 9.59 Å². The fourth-order valence-corrected chi connectivity index (χ4v) is 4.45. The van der Waals surface area contributed by atoms with Gasteiger partial charge < -0.3 is 10.2 Å². The largest absolute Gasteiger partial charge is 0.352 e. The van der Waals surface area contributed by atoms with Crippen molar-refractivity contribution in [1.82, 2.24) is 10.2 Å². The van der Waals surface area contributed by atoms with Crippen LogP contribution < -0.4 is 5.32 Å². The summed E-state index contributed by atoms with van der Waals surface area (Å²) < 4.78 is 0. The molecule has 1 N–H and O–H groups in total. The molecule has 0 heterocycles. The summed E-state index contributed by atoms with van der Waals surface area (Å²) in [4.78, 5) is 28.1. The quantitative estimate of drug-likeness (QED) is 0.498. The van der Waals surface area contributed by atoms with Crippen LogP contribution in [-0.4, -0.2) is 28.8 Å². The highest BCUT2D eigenvalue weighted by atomic mass is 35.5. The summed E-state index contributed by atoms with van der Waals surface area (Å²) >= 11 is 18.1. The van der Waals surface area contributed by atoms with Gasteiger partial charge in [0.2, 0.25) is 11.8 Å². The predicted octanol–water partition coefficient (Wildman–Crippen LogP) is 6.06. The number of nitrogens with zero attached hydrogens (tertiary/aromatic N) is 1. The Bertz CT molecular complexity index is 912. The average Bonchev–Trinajstić information content (AvgIpc) is 3.25. The molecule has 2 aromatic carbocycles. The third kappa shape index (κ3) is 6.61. The normalized spacial score (nSPS) is 15.0. The molecular weight excluding hydrogens is 455 g/mol. The van der Waals surface area contributed by atoms with Gasteiger partial charge in [0.1, 0.15) is 6.04 Å². The van der Waals surface area contributed by atoms with Gasteiger partial charge in [-0.2, -0.15) is 0 Å². The van der Waals surface area contributed by atoms with Crippen molar-refractivity contribution in [3.63, 3.8) is 0 Å². The molecule has 2 aromatic rings. The third-order valence-electron chi connectivity index (χ3n) is 5.69.